The second-order valence-electron chi connectivity index (χ2n) is 5.39. The van der Waals surface area contributed by atoms with E-state index in [1.54, 1.807) is 18.2 Å². The summed E-state index contributed by atoms with van der Waals surface area (Å²) in [4.78, 5) is 16.6. The summed E-state index contributed by atoms with van der Waals surface area (Å²) >= 11 is 11.7. The van der Waals surface area contributed by atoms with Crippen molar-refractivity contribution in [2.75, 3.05) is 13.2 Å². The number of allylic oxidation sites excluding steroid dienone is 1. The summed E-state index contributed by atoms with van der Waals surface area (Å²) in [5.74, 6) is -0.173. The number of nitrogens with zero attached hydrogens (tertiary/aromatic N) is 1. The molecule has 6 heteroatoms. The SMILES string of the molecule is O=C(CO/N=C/c1ccc(Cl)c(Cl)c1)NCCC1=CCCCC1. The zero-order chi connectivity index (χ0) is 16.5. The highest BCUT2D eigenvalue weighted by molar-refractivity contribution is 6.42. The topological polar surface area (TPSA) is 50.7 Å². The van der Waals surface area contributed by atoms with Gasteiger partial charge < -0.3 is 10.2 Å². The van der Waals surface area contributed by atoms with Crippen molar-refractivity contribution in [1.29, 1.82) is 0 Å². The minimum Gasteiger partial charge on any atom is -0.386 e. The summed E-state index contributed by atoms with van der Waals surface area (Å²) in [5, 5.41) is 7.51. The number of rotatable bonds is 7. The van der Waals surface area contributed by atoms with Crippen LogP contribution in [-0.4, -0.2) is 25.3 Å². The molecule has 1 amide bonds. The van der Waals surface area contributed by atoms with Crippen LogP contribution in [0.15, 0.2) is 35.0 Å². The lowest BCUT2D eigenvalue weighted by atomic mass is 9.97. The summed E-state index contributed by atoms with van der Waals surface area (Å²) in [6.45, 7) is 0.543. The molecule has 0 aliphatic heterocycles. The van der Waals surface area contributed by atoms with Crippen LogP contribution in [0, 0.1) is 0 Å². The highest BCUT2D eigenvalue weighted by Crippen LogP contribution is 2.21. The Morgan fingerprint density at radius 3 is 2.91 bits per heavy atom. The number of oxime groups is 1. The molecular weight excluding hydrogens is 335 g/mol. The first kappa shape index (κ1) is 17.8. The van der Waals surface area contributed by atoms with Gasteiger partial charge in [0.2, 0.25) is 0 Å². The molecule has 0 bridgehead atoms. The van der Waals surface area contributed by atoms with Crippen molar-refractivity contribution in [1.82, 2.24) is 5.32 Å². The van der Waals surface area contributed by atoms with Gasteiger partial charge in [-0.05, 0) is 49.8 Å². The van der Waals surface area contributed by atoms with Crippen LogP contribution < -0.4 is 5.32 Å². The van der Waals surface area contributed by atoms with Crippen LogP contribution in [0.5, 0.6) is 0 Å². The van der Waals surface area contributed by atoms with Crippen molar-refractivity contribution in [3.05, 3.63) is 45.5 Å². The Morgan fingerprint density at radius 1 is 1.30 bits per heavy atom. The molecule has 0 saturated heterocycles. The molecule has 0 aromatic heterocycles. The van der Waals surface area contributed by atoms with Gasteiger partial charge in [-0.2, -0.15) is 0 Å². The largest absolute Gasteiger partial charge is 0.386 e. The molecule has 1 N–H and O–H groups in total. The highest BCUT2D eigenvalue weighted by atomic mass is 35.5. The Kier molecular flexibility index (Phi) is 7.43. The van der Waals surface area contributed by atoms with Gasteiger partial charge in [0.15, 0.2) is 6.61 Å². The predicted molar refractivity (Wildman–Crippen MR) is 94.2 cm³/mol. The highest BCUT2D eigenvalue weighted by Gasteiger charge is 2.05. The van der Waals surface area contributed by atoms with E-state index in [4.69, 9.17) is 28.0 Å². The van der Waals surface area contributed by atoms with Crippen molar-refractivity contribution < 1.29 is 9.63 Å². The number of hydrogen-bond donors (Lipinski definition) is 1. The van der Waals surface area contributed by atoms with E-state index >= 15 is 0 Å². The van der Waals surface area contributed by atoms with Crippen molar-refractivity contribution in [2.24, 2.45) is 5.16 Å². The zero-order valence-corrected chi connectivity index (χ0v) is 14.4. The van der Waals surface area contributed by atoms with E-state index in [1.807, 2.05) is 0 Å². The van der Waals surface area contributed by atoms with Crippen LogP contribution >= 0.6 is 23.2 Å². The first-order valence-corrected chi connectivity index (χ1v) is 8.46. The third kappa shape index (κ3) is 6.63. The Hall–Kier alpha value is -1.52. The number of halogens is 2. The zero-order valence-electron chi connectivity index (χ0n) is 12.9. The predicted octanol–water partition coefficient (Wildman–Crippen LogP) is 4.35. The Morgan fingerprint density at radius 2 is 2.17 bits per heavy atom. The Bertz CT molecular complexity index is 600. The second kappa shape index (κ2) is 9.58. The number of hydrogen-bond acceptors (Lipinski definition) is 3. The van der Waals surface area contributed by atoms with Crippen molar-refractivity contribution >= 4 is 35.3 Å². The molecule has 1 aliphatic carbocycles. The smallest absolute Gasteiger partial charge is 0.260 e. The van der Waals surface area contributed by atoms with Crippen molar-refractivity contribution in [3.63, 3.8) is 0 Å². The normalized spacial score (nSPS) is 14.6. The van der Waals surface area contributed by atoms with E-state index < -0.39 is 0 Å². The molecule has 1 aliphatic rings. The van der Waals surface area contributed by atoms with Gasteiger partial charge in [-0.3, -0.25) is 4.79 Å². The monoisotopic (exact) mass is 354 g/mol. The van der Waals surface area contributed by atoms with E-state index in [0.29, 0.717) is 16.6 Å². The van der Waals surface area contributed by atoms with Gasteiger partial charge in [-0.25, -0.2) is 0 Å². The number of nitrogens with one attached hydrogen (secondary N) is 1. The van der Waals surface area contributed by atoms with Gasteiger partial charge in [0.05, 0.1) is 16.3 Å². The van der Waals surface area contributed by atoms with Crippen LogP contribution in [0.2, 0.25) is 10.0 Å². The molecule has 1 aromatic carbocycles. The van der Waals surface area contributed by atoms with Gasteiger partial charge in [0.25, 0.3) is 5.91 Å². The quantitative estimate of drug-likeness (QED) is 0.449. The first-order valence-electron chi connectivity index (χ1n) is 7.70. The standard InChI is InChI=1S/C17H20Cl2N2O2/c18-15-7-6-14(10-16(15)19)11-21-23-12-17(22)20-9-8-13-4-2-1-3-5-13/h4,6-7,10-11H,1-3,5,8-9,12H2,(H,20,22)/b21-11+. The first-order chi connectivity index (χ1) is 11.1. The molecule has 1 aromatic rings. The minimum atomic E-state index is -0.173. The second-order valence-corrected chi connectivity index (χ2v) is 6.20. The van der Waals surface area contributed by atoms with E-state index in [-0.39, 0.29) is 12.5 Å². The maximum Gasteiger partial charge on any atom is 0.260 e. The third-order valence-electron chi connectivity index (χ3n) is 3.57. The lowest BCUT2D eigenvalue weighted by molar-refractivity contribution is -0.125. The molecule has 124 valence electrons. The van der Waals surface area contributed by atoms with Gasteiger partial charge in [-0.1, -0.05) is 46.1 Å². The lowest BCUT2D eigenvalue weighted by Gasteiger charge is -2.12. The molecule has 2 rings (SSSR count). The van der Waals surface area contributed by atoms with Gasteiger partial charge in [-0.15, -0.1) is 0 Å². The van der Waals surface area contributed by atoms with Crippen LogP contribution in [0.25, 0.3) is 0 Å². The van der Waals surface area contributed by atoms with Gasteiger partial charge in [0, 0.05) is 6.54 Å². The molecule has 23 heavy (non-hydrogen) atoms. The molecule has 0 atom stereocenters. The molecule has 0 radical (unpaired) electrons. The summed E-state index contributed by atoms with van der Waals surface area (Å²) in [7, 11) is 0. The van der Waals surface area contributed by atoms with Crippen LogP contribution in [0.1, 0.15) is 37.7 Å². The average molecular weight is 355 g/mol. The van der Waals surface area contributed by atoms with E-state index in [1.165, 1.54) is 24.6 Å². The maximum atomic E-state index is 11.6. The van der Waals surface area contributed by atoms with Crippen LogP contribution in [-0.2, 0) is 9.63 Å². The number of carbonyl (C=O) groups is 1. The van der Waals surface area contributed by atoms with Gasteiger partial charge in [0.1, 0.15) is 0 Å². The molecular formula is C17H20Cl2N2O2. The fraction of sp³-hybridized carbons (Fsp3) is 0.412. The number of carbonyl (C=O) groups excluding carboxylic acids is 1. The summed E-state index contributed by atoms with van der Waals surface area (Å²) in [6, 6.07) is 5.12. The summed E-state index contributed by atoms with van der Waals surface area (Å²) in [5.41, 5.74) is 2.19. The summed E-state index contributed by atoms with van der Waals surface area (Å²) < 4.78 is 0. The van der Waals surface area contributed by atoms with E-state index in [9.17, 15) is 4.79 Å². The molecule has 0 unspecified atom stereocenters. The van der Waals surface area contributed by atoms with E-state index in [0.717, 1.165) is 24.8 Å². The van der Waals surface area contributed by atoms with Gasteiger partial charge >= 0.3 is 0 Å². The molecule has 0 fully saturated rings. The van der Waals surface area contributed by atoms with Crippen molar-refractivity contribution in [2.45, 2.75) is 32.1 Å². The number of benzene rings is 1. The Labute approximate surface area is 146 Å². The fourth-order valence-electron chi connectivity index (χ4n) is 2.33. The lowest BCUT2D eigenvalue weighted by Crippen LogP contribution is -2.28. The molecule has 0 saturated carbocycles. The summed E-state index contributed by atoms with van der Waals surface area (Å²) in [6.07, 6.45) is 9.54. The van der Waals surface area contributed by atoms with E-state index in [2.05, 4.69) is 16.5 Å². The third-order valence-corrected chi connectivity index (χ3v) is 4.31. The van der Waals surface area contributed by atoms with Crippen LogP contribution in [0.4, 0.5) is 0 Å². The molecule has 0 spiro atoms. The minimum absolute atomic E-state index is 0.100. The maximum absolute atomic E-state index is 11.6. The number of amides is 1. The van der Waals surface area contributed by atoms with Crippen molar-refractivity contribution in [3.8, 4) is 0 Å². The fourth-order valence-corrected chi connectivity index (χ4v) is 2.64. The molecule has 0 heterocycles. The molecule has 4 nitrogen and oxygen atoms in total. The average Bonchev–Trinajstić information content (AvgIpc) is 2.56. The Balaban J connectivity index is 1.63. The van der Waals surface area contributed by atoms with Crippen LogP contribution in [0.3, 0.4) is 0 Å².